The van der Waals surface area contributed by atoms with Crippen molar-refractivity contribution in [1.82, 2.24) is 4.98 Å². The van der Waals surface area contributed by atoms with Gasteiger partial charge in [-0.15, -0.1) is 0 Å². The second-order valence-electron chi connectivity index (χ2n) is 3.42. The summed E-state index contributed by atoms with van der Waals surface area (Å²) in [5.74, 6) is -0.850. The molecule has 0 amide bonds. The van der Waals surface area contributed by atoms with Gasteiger partial charge < -0.3 is 10.5 Å². The minimum atomic E-state index is -2.77. The fourth-order valence-electron chi connectivity index (χ4n) is 1.41. The minimum Gasteiger partial charge on any atom is -0.461 e. The second-order valence-corrected chi connectivity index (χ2v) is 3.42. The predicted octanol–water partition coefficient (Wildman–Crippen LogP) is 1.96. The molecule has 0 saturated carbocycles. The Bertz CT molecular complexity index is 422. The maximum absolute atomic E-state index is 12.8. The molecule has 1 aromatic heterocycles. The topological polar surface area (TPSA) is 65.2 Å². The summed E-state index contributed by atoms with van der Waals surface area (Å²) in [6.45, 7) is 3.41. The zero-order valence-corrected chi connectivity index (χ0v) is 9.67. The second kappa shape index (κ2) is 5.67. The third-order valence-corrected chi connectivity index (χ3v) is 2.24. The molecule has 17 heavy (non-hydrogen) atoms. The number of nitrogens with zero attached hydrogens (tertiary/aromatic N) is 1. The van der Waals surface area contributed by atoms with E-state index in [1.807, 2.05) is 0 Å². The van der Waals surface area contributed by atoms with Gasteiger partial charge in [-0.3, -0.25) is 0 Å². The van der Waals surface area contributed by atoms with Crippen LogP contribution in [0.4, 0.5) is 8.78 Å². The molecule has 0 aromatic carbocycles. The van der Waals surface area contributed by atoms with Gasteiger partial charge >= 0.3 is 5.97 Å². The van der Waals surface area contributed by atoms with Crippen LogP contribution in [0.2, 0.25) is 0 Å². The number of pyridine rings is 1. The monoisotopic (exact) mass is 244 g/mol. The number of rotatable bonds is 4. The van der Waals surface area contributed by atoms with E-state index in [2.05, 4.69) is 9.72 Å². The number of aryl methyl sites for hydroxylation is 1. The molecule has 2 N–H and O–H groups in total. The molecular formula is C11H14F2N2O2. The fraction of sp³-hybridized carbons (Fsp3) is 0.455. The summed E-state index contributed by atoms with van der Waals surface area (Å²) in [4.78, 5) is 15.3. The van der Waals surface area contributed by atoms with Crippen molar-refractivity contribution in [2.45, 2.75) is 26.8 Å². The van der Waals surface area contributed by atoms with Crippen LogP contribution < -0.4 is 5.73 Å². The Morgan fingerprint density at radius 3 is 2.71 bits per heavy atom. The Labute approximate surface area is 97.8 Å². The molecule has 0 aliphatic rings. The number of hydrogen-bond donors (Lipinski definition) is 1. The van der Waals surface area contributed by atoms with Crippen molar-refractivity contribution in [3.8, 4) is 0 Å². The van der Waals surface area contributed by atoms with E-state index in [1.165, 1.54) is 6.07 Å². The van der Waals surface area contributed by atoms with Gasteiger partial charge in [0.25, 0.3) is 6.43 Å². The maximum atomic E-state index is 12.8. The van der Waals surface area contributed by atoms with Gasteiger partial charge in [-0.1, -0.05) is 0 Å². The standard InChI is InChI=1S/C11H14F2N2O2/c1-3-17-11(16)9-7(10(12)13)4-6(2)8(5-14)15-9/h4,10H,3,5,14H2,1-2H3. The average molecular weight is 244 g/mol. The summed E-state index contributed by atoms with van der Waals surface area (Å²) in [7, 11) is 0. The molecule has 0 bridgehead atoms. The smallest absolute Gasteiger partial charge is 0.357 e. The zero-order valence-electron chi connectivity index (χ0n) is 9.67. The molecule has 6 heteroatoms. The SMILES string of the molecule is CCOC(=O)c1nc(CN)c(C)cc1C(F)F. The number of hydrogen-bond acceptors (Lipinski definition) is 4. The number of alkyl halides is 2. The summed E-state index contributed by atoms with van der Waals surface area (Å²) in [5, 5.41) is 0. The minimum absolute atomic E-state index is 0.0851. The molecule has 0 fully saturated rings. The first-order valence-electron chi connectivity index (χ1n) is 5.17. The van der Waals surface area contributed by atoms with E-state index in [0.717, 1.165) is 0 Å². The first-order chi connectivity index (χ1) is 8.01. The molecule has 0 aliphatic heterocycles. The first kappa shape index (κ1) is 13.5. The van der Waals surface area contributed by atoms with Crippen molar-refractivity contribution in [3.05, 3.63) is 28.6 Å². The molecule has 1 aromatic rings. The van der Waals surface area contributed by atoms with Gasteiger partial charge in [0, 0.05) is 6.54 Å². The van der Waals surface area contributed by atoms with E-state index in [-0.39, 0.29) is 18.8 Å². The number of aromatic nitrogens is 1. The fourth-order valence-corrected chi connectivity index (χ4v) is 1.41. The van der Waals surface area contributed by atoms with Crippen LogP contribution in [0, 0.1) is 6.92 Å². The summed E-state index contributed by atoms with van der Waals surface area (Å²) < 4.78 is 30.2. The average Bonchev–Trinajstić information content (AvgIpc) is 2.28. The van der Waals surface area contributed by atoms with Gasteiger partial charge in [0.2, 0.25) is 0 Å². The summed E-state index contributed by atoms with van der Waals surface area (Å²) in [5.41, 5.74) is 5.60. The summed E-state index contributed by atoms with van der Waals surface area (Å²) >= 11 is 0. The highest BCUT2D eigenvalue weighted by atomic mass is 19.3. The third kappa shape index (κ3) is 2.97. The number of carbonyl (C=O) groups excluding carboxylic acids is 1. The summed E-state index contributed by atoms with van der Waals surface area (Å²) in [6.07, 6.45) is -2.77. The van der Waals surface area contributed by atoms with Gasteiger partial charge in [-0.25, -0.2) is 18.6 Å². The molecule has 0 unspecified atom stereocenters. The van der Waals surface area contributed by atoms with E-state index < -0.39 is 18.0 Å². The van der Waals surface area contributed by atoms with Crippen LogP contribution in [-0.2, 0) is 11.3 Å². The van der Waals surface area contributed by atoms with Crippen molar-refractivity contribution in [2.75, 3.05) is 6.61 Å². The first-order valence-corrected chi connectivity index (χ1v) is 5.17. The molecule has 94 valence electrons. The Morgan fingerprint density at radius 1 is 1.59 bits per heavy atom. The van der Waals surface area contributed by atoms with Crippen LogP contribution in [-0.4, -0.2) is 17.6 Å². The Kier molecular flexibility index (Phi) is 4.51. The quantitative estimate of drug-likeness (QED) is 0.822. The molecule has 1 rings (SSSR count). The molecule has 0 radical (unpaired) electrons. The molecular weight excluding hydrogens is 230 g/mol. The van der Waals surface area contributed by atoms with Gasteiger partial charge in [-0.2, -0.15) is 0 Å². The molecule has 0 saturated heterocycles. The lowest BCUT2D eigenvalue weighted by atomic mass is 10.1. The molecule has 0 atom stereocenters. The Balaban J connectivity index is 3.28. The van der Waals surface area contributed by atoms with Crippen LogP contribution in [0.3, 0.4) is 0 Å². The summed E-state index contributed by atoms with van der Waals surface area (Å²) in [6, 6.07) is 1.23. The van der Waals surface area contributed by atoms with Crippen molar-refractivity contribution < 1.29 is 18.3 Å². The zero-order chi connectivity index (χ0) is 13.0. The molecule has 1 heterocycles. The van der Waals surface area contributed by atoms with E-state index in [1.54, 1.807) is 13.8 Å². The van der Waals surface area contributed by atoms with Crippen LogP contribution in [0.1, 0.15) is 40.7 Å². The number of ether oxygens (including phenoxy) is 1. The van der Waals surface area contributed by atoms with Crippen molar-refractivity contribution >= 4 is 5.97 Å². The number of carbonyl (C=O) groups is 1. The number of nitrogens with two attached hydrogens (primary N) is 1. The molecule has 0 aliphatic carbocycles. The van der Waals surface area contributed by atoms with Crippen LogP contribution in [0.25, 0.3) is 0 Å². The van der Waals surface area contributed by atoms with Gasteiger partial charge in [0.05, 0.1) is 17.9 Å². The van der Waals surface area contributed by atoms with Gasteiger partial charge in [0.15, 0.2) is 5.69 Å². The van der Waals surface area contributed by atoms with Crippen LogP contribution >= 0.6 is 0 Å². The van der Waals surface area contributed by atoms with Crippen molar-refractivity contribution in [3.63, 3.8) is 0 Å². The van der Waals surface area contributed by atoms with Crippen molar-refractivity contribution in [1.29, 1.82) is 0 Å². The lowest BCUT2D eigenvalue weighted by molar-refractivity contribution is 0.0507. The third-order valence-electron chi connectivity index (χ3n) is 2.24. The predicted molar refractivity (Wildman–Crippen MR) is 57.8 cm³/mol. The lowest BCUT2D eigenvalue weighted by Crippen LogP contribution is -2.15. The number of halogens is 2. The maximum Gasteiger partial charge on any atom is 0.357 e. The Morgan fingerprint density at radius 2 is 2.24 bits per heavy atom. The normalized spacial score (nSPS) is 10.7. The van der Waals surface area contributed by atoms with E-state index >= 15 is 0 Å². The molecule has 4 nitrogen and oxygen atoms in total. The largest absolute Gasteiger partial charge is 0.461 e. The van der Waals surface area contributed by atoms with E-state index in [9.17, 15) is 13.6 Å². The lowest BCUT2D eigenvalue weighted by Gasteiger charge is -2.11. The van der Waals surface area contributed by atoms with Gasteiger partial charge in [0.1, 0.15) is 0 Å². The van der Waals surface area contributed by atoms with Crippen LogP contribution in [0.5, 0.6) is 0 Å². The van der Waals surface area contributed by atoms with Gasteiger partial charge in [-0.05, 0) is 25.5 Å². The highest BCUT2D eigenvalue weighted by Crippen LogP contribution is 2.24. The van der Waals surface area contributed by atoms with E-state index in [0.29, 0.717) is 11.3 Å². The highest BCUT2D eigenvalue weighted by molar-refractivity contribution is 5.89. The Hall–Kier alpha value is -1.56. The highest BCUT2D eigenvalue weighted by Gasteiger charge is 2.22. The van der Waals surface area contributed by atoms with Crippen LogP contribution in [0.15, 0.2) is 6.07 Å². The molecule has 0 spiro atoms. The number of esters is 1. The van der Waals surface area contributed by atoms with E-state index in [4.69, 9.17) is 5.73 Å². The van der Waals surface area contributed by atoms with Crippen molar-refractivity contribution in [2.24, 2.45) is 5.73 Å².